The first-order valence-corrected chi connectivity index (χ1v) is 9.74. The highest BCUT2D eigenvalue weighted by atomic mass is 35.5. The Kier molecular flexibility index (Phi) is 7.19. The average Bonchev–Trinajstić information content (AvgIpc) is 3.53. The van der Waals surface area contributed by atoms with Crippen LogP contribution in [0.15, 0.2) is 48.8 Å². The van der Waals surface area contributed by atoms with Crippen LogP contribution < -0.4 is 16.0 Å². The van der Waals surface area contributed by atoms with Gasteiger partial charge in [0.05, 0.1) is 6.54 Å². The highest BCUT2D eigenvalue weighted by Crippen LogP contribution is 2.22. The van der Waals surface area contributed by atoms with Crippen LogP contribution in [0.25, 0.3) is 0 Å². The van der Waals surface area contributed by atoms with Gasteiger partial charge < -0.3 is 16.0 Å². The van der Waals surface area contributed by atoms with Crippen LogP contribution in [-0.2, 0) is 4.79 Å². The molecule has 29 heavy (non-hydrogen) atoms. The number of amides is 2. The molecule has 154 valence electrons. The van der Waals surface area contributed by atoms with Gasteiger partial charge in [0.15, 0.2) is 0 Å². The van der Waals surface area contributed by atoms with Crippen molar-refractivity contribution in [3.63, 3.8) is 0 Å². The number of rotatable bonds is 6. The zero-order valence-corrected chi connectivity index (χ0v) is 17.0. The van der Waals surface area contributed by atoms with E-state index in [-0.39, 0.29) is 30.3 Å². The van der Waals surface area contributed by atoms with Gasteiger partial charge in [-0.3, -0.25) is 19.5 Å². The summed E-state index contributed by atoms with van der Waals surface area (Å²) in [6.45, 7) is 2.72. The predicted molar refractivity (Wildman–Crippen MR) is 114 cm³/mol. The topological polar surface area (TPSA) is 86.4 Å². The molecule has 1 saturated carbocycles. The van der Waals surface area contributed by atoms with E-state index in [0.717, 1.165) is 38.0 Å². The van der Waals surface area contributed by atoms with Crippen molar-refractivity contribution in [2.24, 2.45) is 0 Å². The van der Waals surface area contributed by atoms with Crippen LogP contribution in [0.3, 0.4) is 0 Å². The van der Waals surface area contributed by atoms with Gasteiger partial charge in [0, 0.05) is 55.4 Å². The van der Waals surface area contributed by atoms with Crippen molar-refractivity contribution in [3.05, 3.63) is 59.9 Å². The Labute approximate surface area is 176 Å². The smallest absolute Gasteiger partial charge is 0.251 e. The lowest BCUT2D eigenvalue weighted by molar-refractivity contribution is -0.118. The maximum absolute atomic E-state index is 12.6. The molecular formula is C21H26ClN5O2. The van der Waals surface area contributed by atoms with Gasteiger partial charge in [-0.1, -0.05) is 12.1 Å². The number of benzene rings is 1. The van der Waals surface area contributed by atoms with E-state index >= 15 is 0 Å². The Balaban J connectivity index is 0.00000240. The van der Waals surface area contributed by atoms with Crippen molar-refractivity contribution in [2.75, 3.05) is 31.5 Å². The summed E-state index contributed by atoms with van der Waals surface area (Å²) in [5.74, 6) is -0.173. The number of carbonyl (C=O) groups is 2. The number of pyridine rings is 1. The van der Waals surface area contributed by atoms with E-state index in [9.17, 15) is 9.59 Å². The summed E-state index contributed by atoms with van der Waals surface area (Å²) >= 11 is 0. The van der Waals surface area contributed by atoms with Crippen LogP contribution in [0.1, 0.15) is 34.8 Å². The van der Waals surface area contributed by atoms with E-state index in [0.29, 0.717) is 23.8 Å². The molecule has 3 N–H and O–H groups in total. The maximum atomic E-state index is 12.6. The van der Waals surface area contributed by atoms with E-state index in [1.165, 1.54) is 0 Å². The monoisotopic (exact) mass is 415 g/mol. The number of anilines is 1. The molecule has 1 unspecified atom stereocenters. The molecule has 1 saturated heterocycles. The summed E-state index contributed by atoms with van der Waals surface area (Å²) in [4.78, 5) is 31.2. The molecule has 1 aliphatic carbocycles. The van der Waals surface area contributed by atoms with Crippen molar-refractivity contribution >= 4 is 29.9 Å². The lowest BCUT2D eigenvalue weighted by Gasteiger charge is -2.35. The quantitative estimate of drug-likeness (QED) is 0.671. The van der Waals surface area contributed by atoms with E-state index in [1.807, 2.05) is 24.4 Å². The fourth-order valence-electron chi connectivity index (χ4n) is 3.46. The Bertz CT molecular complexity index is 844. The maximum Gasteiger partial charge on any atom is 0.251 e. The second kappa shape index (κ2) is 9.82. The van der Waals surface area contributed by atoms with Crippen molar-refractivity contribution in [3.8, 4) is 0 Å². The van der Waals surface area contributed by atoms with Crippen molar-refractivity contribution in [1.82, 2.24) is 20.5 Å². The molecule has 2 amide bonds. The van der Waals surface area contributed by atoms with Gasteiger partial charge in [-0.05, 0) is 42.7 Å². The highest BCUT2D eigenvalue weighted by molar-refractivity contribution is 5.97. The van der Waals surface area contributed by atoms with Crippen LogP contribution in [0.4, 0.5) is 5.69 Å². The molecule has 2 aromatic rings. The van der Waals surface area contributed by atoms with Crippen molar-refractivity contribution in [2.45, 2.75) is 24.9 Å². The molecule has 2 fully saturated rings. The zero-order valence-electron chi connectivity index (χ0n) is 16.1. The van der Waals surface area contributed by atoms with E-state index in [2.05, 4.69) is 25.8 Å². The van der Waals surface area contributed by atoms with E-state index in [1.54, 1.807) is 24.4 Å². The van der Waals surface area contributed by atoms with E-state index in [4.69, 9.17) is 0 Å². The molecular weight excluding hydrogens is 390 g/mol. The fraction of sp³-hybridized carbons (Fsp3) is 0.381. The second-order valence-corrected chi connectivity index (χ2v) is 7.35. The normalized spacial score (nSPS) is 19.1. The van der Waals surface area contributed by atoms with Gasteiger partial charge in [-0.2, -0.15) is 0 Å². The van der Waals surface area contributed by atoms with Gasteiger partial charge in [-0.25, -0.2) is 0 Å². The zero-order chi connectivity index (χ0) is 19.3. The summed E-state index contributed by atoms with van der Waals surface area (Å²) in [5, 5.41) is 9.28. The van der Waals surface area contributed by atoms with Gasteiger partial charge in [0.25, 0.3) is 5.91 Å². The molecule has 1 aromatic heterocycles. The lowest BCUT2D eigenvalue weighted by atomic mass is 10.1. The second-order valence-electron chi connectivity index (χ2n) is 7.35. The SMILES string of the molecule is Cl.O=C(CN1CCNCC1c1cccnc1)Nc1cccc(C(=O)NC2CC2)c1. The van der Waals surface area contributed by atoms with Gasteiger partial charge in [0.2, 0.25) is 5.91 Å². The molecule has 2 heterocycles. The molecule has 2 aliphatic rings. The number of carbonyl (C=O) groups excluding carboxylic acids is 2. The predicted octanol–water partition coefficient (Wildman–Crippen LogP) is 1.98. The molecule has 1 atom stereocenters. The minimum atomic E-state index is -0.0875. The van der Waals surface area contributed by atoms with E-state index < -0.39 is 0 Å². The van der Waals surface area contributed by atoms with Crippen LogP contribution in [-0.4, -0.2) is 53.9 Å². The first-order chi connectivity index (χ1) is 13.7. The van der Waals surface area contributed by atoms with Crippen LogP contribution in [0.5, 0.6) is 0 Å². The fourth-order valence-corrected chi connectivity index (χ4v) is 3.46. The first-order valence-electron chi connectivity index (χ1n) is 9.74. The standard InChI is InChI=1S/C21H25N5O2.ClH/c27-20(14-26-10-9-23-13-19(26)16-4-2-8-22-12-16)24-18-5-1-3-15(11-18)21(28)25-17-6-7-17;/h1-5,8,11-12,17,19,23H,6-7,9-10,13-14H2,(H,24,27)(H,25,28);1H. The van der Waals surface area contributed by atoms with Crippen LogP contribution >= 0.6 is 12.4 Å². The average molecular weight is 416 g/mol. The van der Waals surface area contributed by atoms with Gasteiger partial charge in [-0.15, -0.1) is 12.4 Å². The molecule has 1 aliphatic heterocycles. The van der Waals surface area contributed by atoms with Crippen LogP contribution in [0.2, 0.25) is 0 Å². The summed E-state index contributed by atoms with van der Waals surface area (Å²) in [7, 11) is 0. The number of aromatic nitrogens is 1. The summed E-state index contributed by atoms with van der Waals surface area (Å²) < 4.78 is 0. The number of hydrogen-bond acceptors (Lipinski definition) is 5. The summed E-state index contributed by atoms with van der Waals surface area (Å²) in [5.41, 5.74) is 2.31. The Morgan fingerprint density at radius 2 is 2.07 bits per heavy atom. The third kappa shape index (κ3) is 5.76. The molecule has 1 aromatic carbocycles. The van der Waals surface area contributed by atoms with Crippen LogP contribution in [0, 0.1) is 0 Å². The Hall–Kier alpha value is -2.48. The third-order valence-corrected chi connectivity index (χ3v) is 5.09. The summed E-state index contributed by atoms with van der Waals surface area (Å²) in [6.07, 6.45) is 5.70. The van der Waals surface area contributed by atoms with Crippen molar-refractivity contribution in [1.29, 1.82) is 0 Å². The molecule has 0 bridgehead atoms. The molecule has 0 spiro atoms. The molecule has 0 radical (unpaired) electrons. The lowest BCUT2D eigenvalue weighted by Crippen LogP contribution is -2.48. The Morgan fingerprint density at radius 1 is 1.21 bits per heavy atom. The number of nitrogens with zero attached hydrogens (tertiary/aromatic N) is 2. The molecule has 7 nitrogen and oxygen atoms in total. The Morgan fingerprint density at radius 3 is 2.83 bits per heavy atom. The minimum absolute atomic E-state index is 0. The van der Waals surface area contributed by atoms with Crippen molar-refractivity contribution < 1.29 is 9.59 Å². The summed E-state index contributed by atoms with van der Waals surface area (Å²) in [6, 6.07) is 11.5. The number of hydrogen-bond donors (Lipinski definition) is 3. The minimum Gasteiger partial charge on any atom is -0.349 e. The highest BCUT2D eigenvalue weighted by Gasteiger charge is 2.26. The first kappa shape index (κ1) is 21.2. The molecule has 8 heteroatoms. The van der Waals surface area contributed by atoms with Gasteiger partial charge in [0.1, 0.15) is 0 Å². The third-order valence-electron chi connectivity index (χ3n) is 5.09. The molecule has 4 rings (SSSR count). The largest absolute Gasteiger partial charge is 0.349 e. The number of nitrogens with one attached hydrogen (secondary N) is 3. The number of halogens is 1. The number of piperazine rings is 1. The van der Waals surface area contributed by atoms with Gasteiger partial charge >= 0.3 is 0 Å².